The Bertz CT molecular complexity index is 476. The lowest BCUT2D eigenvalue weighted by molar-refractivity contribution is 0.0937. The molecule has 1 unspecified atom stereocenters. The van der Waals surface area contributed by atoms with Crippen molar-refractivity contribution in [3.05, 3.63) is 23.8 Å². The van der Waals surface area contributed by atoms with Gasteiger partial charge in [-0.2, -0.15) is 0 Å². The third-order valence-corrected chi connectivity index (χ3v) is 3.78. The molecular weight excluding hydrogens is 254 g/mol. The van der Waals surface area contributed by atoms with Crippen LogP contribution in [0.3, 0.4) is 0 Å². The van der Waals surface area contributed by atoms with Crippen molar-refractivity contribution in [2.24, 2.45) is 5.92 Å². The standard InChI is InChI=1S/C15H23N3O2/c1-18-7-3-4-11(10-18)9-17-15(19)13-8-12(20-2)5-6-14(13)16/h5-6,8,11H,3-4,7,9-10,16H2,1-2H3,(H,17,19). The van der Waals surface area contributed by atoms with E-state index in [1.54, 1.807) is 25.3 Å². The van der Waals surface area contributed by atoms with Crippen molar-refractivity contribution < 1.29 is 9.53 Å². The molecule has 2 rings (SSSR count). The SMILES string of the molecule is COc1ccc(N)c(C(=O)NCC2CCCN(C)C2)c1. The van der Waals surface area contributed by atoms with Gasteiger partial charge in [-0.3, -0.25) is 4.79 Å². The molecule has 1 aromatic carbocycles. The minimum Gasteiger partial charge on any atom is -0.497 e. The topological polar surface area (TPSA) is 67.6 Å². The molecule has 1 aromatic rings. The van der Waals surface area contributed by atoms with Crippen molar-refractivity contribution >= 4 is 11.6 Å². The smallest absolute Gasteiger partial charge is 0.253 e. The molecule has 1 aliphatic heterocycles. The molecule has 3 N–H and O–H groups in total. The van der Waals surface area contributed by atoms with Crippen LogP contribution in [-0.4, -0.2) is 44.6 Å². The Hall–Kier alpha value is -1.75. The van der Waals surface area contributed by atoms with Crippen molar-refractivity contribution in [1.29, 1.82) is 0 Å². The Morgan fingerprint density at radius 1 is 1.55 bits per heavy atom. The van der Waals surface area contributed by atoms with Crippen molar-refractivity contribution in [3.63, 3.8) is 0 Å². The zero-order valence-corrected chi connectivity index (χ0v) is 12.2. The molecule has 0 bridgehead atoms. The molecule has 5 nitrogen and oxygen atoms in total. The van der Waals surface area contributed by atoms with Crippen LogP contribution >= 0.6 is 0 Å². The first-order valence-corrected chi connectivity index (χ1v) is 7.00. The number of methoxy groups -OCH3 is 1. The van der Waals surface area contributed by atoms with E-state index in [9.17, 15) is 4.79 Å². The van der Waals surface area contributed by atoms with Gasteiger partial charge in [-0.25, -0.2) is 0 Å². The zero-order chi connectivity index (χ0) is 14.5. The lowest BCUT2D eigenvalue weighted by Gasteiger charge is -2.29. The number of nitrogens with one attached hydrogen (secondary N) is 1. The number of carbonyl (C=O) groups is 1. The average molecular weight is 277 g/mol. The summed E-state index contributed by atoms with van der Waals surface area (Å²) >= 11 is 0. The van der Waals surface area contributed by atoms with Crippen molar-refractivity contribution in [2.75, 3.05) is 39.5 Å². The first-order valence-electron chi connectivity index (χ1n) is 7.00. The van der Waals surface area contributed by atoms with Gasteiger partial charge >= 0.3 is 0 Å². The molecule has 1 aliphatic rings. The van der Waals surface area contributed by atoms with Gasteiger partial charge in [-0.15, -0.1) is 0 Å². The predicted octanol–water partition coefficient (Wildman–Crippen LogP) is 1.35. The Labute approximate surface area is 120 Å². The monoisotopic (exact) mass is 277 g/mol. The first kappa shape index (κ1) is 14.7. The van der Waals surface area contributed by atoms with Gasteiger partial charge in [0.05, 0.1) is 12.7 Å². The van der Waals surface area contributed by atoms with E-state index >= 15 is 0 Å². The molecule has 0 saturated carbocycles. The number of hydrogen-bond acceptors (Lipinski definition) is 4. The summed E-state index contributed by atoms with van der Waals surface area (Å²) in [5.74, 6) is 1.03. The predicted molar refractivity (Wildman–Crippen MR) is 80.0 cm³/mol. The summed E-state index contributed by atoms with van der Waals surface area (Å²) in [5, 5.41) is 2.98. The summed E-state index contributed by atoms with van der Waals surface area (Å²) in [4.78, 5) is 14.5. The molecule has 1 saturated heterocycles. The third kappa shape index (κ3) is 3.63. The number of ether oxygens (including phenoxy) is 1. The highest BCUT2D eigenvalue weighted by atomic mass is 16.5. The molecule has 0 aromatic heterocycles. The fourth-order valence-corrected chi connectivity index (χ4v) is 2.63. The maximum Gasteiger partial charge on any atom is 0.253 e. The van der Waals surface area contributed by atoms with Crippen LogP contribution in [-0.2, 0) is 0 Å². The first-order chi connectivity index (χ1) is 9.60. The lowest BCUT2D eigenvalue weighted by Crippen LogP contribution is -2.39. The maximum absolute atomic E-state index is 12.2. The second-order valence-corrected chi connectivity index (χ2v) is 5.43. The second-order valence-electron chi connectivity index (χ2n) is 5.43. The zero-order valence-electron chi connectivity index (χ0n) is 12.2. The van der Waals surface area contributed by atoms with Gasteiger partial charge < -0.3 is 20.7 Å². The van der Waals surface area contributed by atoms with Crippen LogP contribution in [0, 0.1) is 5.92 Å². The second kappa shape index (κ2) is 6.61. The molecular formula is C15H23N3O2. The van der Waals surface area contributed by atoms with Crippen LogP contribution in [0.1, 0.15) is 23.2 Å². The van der Waals surface area contributed by atoms with E-state index in [4.69, 9.17) is 10.5 Å². The largest absolute Gasteiger partial charge is 0.497 e. The van der Waals surface area contributed by atoms with Crippen molar-refractivity contribution in [1.82, 2.24) is 10.2 Å². The number of anilines is 1. The summed E-state index contributed by atoms with van der Waals surface area (Å²) in [6.45, 7) is 2.88. The lowest BCUT2D eigenvalue weighted by atomic mass is 9.98. The van der Waals surface area contributed by atoms with Crippen molar-refractivity contribution in [2.45, 2.75) is 12.8 Å². The Morgan fingerprint density at radius 2 is 2.35 bits per heavy atom. The Kier molecular flexibility index (Phi) is 4.84. The minimum atomic E-state index is -0.130. The highest BCUT2D eigenvalue weighted by Gasteiger charge is 2.18. The summed E-state index contributed by atoms with van der Waals surface area (Å²) in [6.07, 6.45) is 2.36. The van der Waals surface area contributed by atoms with Gasteiger partial charge in [0.2, 0.25) is 0 Å². The number of nitrogens with zero attached hydrogens (tertiary/aromatic N) is 1. The van der Waals surface area contributed by atoms with Crippen LogP contribution in [0.15, 0.2) is 18.2 Å². The summed E-state index contributed by atoms with van der Waals surface area (Å²) in [6, 6.07) is 5.13. The van der Waals surface area contributed by atoms with Gasteiger partial charge in [-0.1, -0.05) is 0 Å². The van der Waals surface area contributed by atoms with E-state index in [2.05, 4.69) is 17.3 Å². The van der Waals surface area contributed by atoms with Gasteiger partial charge in [0.25, 0.3) is 5.91 Å². The molecule has 20 heavy (non-hydrogen) atoms. The summed E-state index contributed by atoms with van der Waals surface area (Å²) in [7, 11) is 3.69. The molecule has 0 radical (unpaired) electrons. The average Bonchev–Trinajstić information content (AvgIpc) is 2.45. The van der Waals surface area contributed by atoms with E-state index in [0.29, 0.717) is 29.5 Å². The van der Waals surface area contributed by atoms with E-state index < -0.39 is 0 Å². The molecule has 110 valence electrons. The number of nitrogens with two attached hydrogens (primary N) is 1. The molecule has 0 aliphatic carbocycles. The summed E-state index contributed by atoms with van der Waals surface area (Å²) < 4.78 is 5.13. The normalized spacial score (nSPS) is 19.6. The number of likely N-dealkylation sites (tertiary alicyclic amines) is 1. The molecule has 1 fully saturated rings. The molecule has 5 heteroatoms. The number of hydrogen-bond donors (Lipinski definition) is 2. The van der Waals surface area contributed by atoms with Gasteiger partial charge in [0, 0.05) is 18.8 Å². The summed E-state index contributed by atoms with van der Waals surface area (Å²) in [5.41, 5.74) is 6.81. The molecule has 1 atom stereocenters. The Morgan fingerprint density at radius 3 is 3.05 bits per heavy atom. The highest BCUT2D eigenvalue weighted by molar-refractivity contribution is 5.99. The van der Waals surface area contributed by atoms with Gasteiger partial charge in [0.1, 0.15) is 5.75 Å². The van der Waals surface area contributed by atoms with Crippen LogP contribution in [0.25, 0.3) is 0 Å². The number of benzene rings is 1. The maximum atomic E-state index is 12.2. The quantitative estimate of drug-likeness (QED) is 0.815. The fraction of sp³-hybridized carbons (Fsp3) is 0.533. The van der Waals surface area contributed by atoms with E-state index in [-0.39, 0.29) is 5.91 Å². The van der Waals surface area contributed by atoms with E-state index in [0.717, 1.165) is 19.5 Å². The van der Waals surface area contributed by atoms with Crippen LogP contribution in [0.2, 0.25) is 0 Å². The number of carbonyl (C=O) groups excluding carboxylic acids is 1. The van der Waals surface area contributed by atoms with Gasteiger partial charge in [-0.05, 0) is 50.6 Å². The van der Waals surface area contributed by atoms with E-state index in [1.807, 2.05) is 0 Å². The van der Waals surface area contributed by atoms with Crippen molar-refractivity contribution in [3.8, 4) is 5.75 Å². The number of nitrogen functional groups attached to an aromatic ring is 1. The number of rotatable bonds is 4. The van der Waals surface area contributed by atoms with Gasteiger partial charge in [0.15, 0.2) is 0 Å². The molecule has 1 heterocycles. The molecule has 1 amide bonds. The van der Waals surface area contributed by atoms with Crippen LogP contribution < -0.4 is 15.8 Å². The highest BCUT2D eigenvalue weighted by Crippen LogP contribution is 2.20. The Balaban J connectivity index is 1.94. The molecule has 0 spiro atoms. The fourth-order valence-electron chi connectivity index (χ4n) is 2.63. The third-order valence-electron chi connectivity index (χ3n) is 3.78. The van der Waals surface area contributed by atoms with E-state index in [1.165, 1.54) is 6.42 Å². The van der Waals surface area contributed by atoms with Crippen LogP contribution in [0.4, 0.5) is 5.69 Å². The number of piperidine rings is 1. The van der Waals surface area contributed by atoms with Crippen LogP contribution in [0.5, 0.6) is 5.75 Å². The minimum absolute atomic E-state index is 0.130. The number of amides is 1.